The van der Waals surface area contributed by atoms with Gasteiger partial charge in [-0.05, 0) is 18.2 Å². The van der Waals surface area contributed by atoms with Crippen molar-refractivity contribution in [1.29, 1.82) is 0 Å². The van der Waals surface area contributed by atoms with E-state index in [1.54, 1.807) is 0 Å². The van der Waals surface area contributed by atoms with E-state index in [9.17, 15) is 28.8 Å². The first-order valence-corrected chi connectivity index (χ1v) is 9.87. The predicted octanol–water partition coefficient (Wildman–Crippen LogP) is 1.62. The molecule has 0 spiro atoms. The van der Waals surface area contributed by atoms with Crippen molar-refractivity contribution in [3.05, 3.63) is 72.9 Å². The highest BCUT2D eigenvalue weighted by Crippen LogP contribution is 2.23. The Balaban J connectivity index is 3.21. The van der Waals surface area contributed by atoms with Crippen molar-refractivity contribution in [3.63, 3.8) is 0 Å². The maximum atomic E-state index is 12.7. The number of carbonyl (C=O) groups is 6. The lowest BCUT2D eigenvalue weighted by Gasteiger charge is -2.31. The van der Waals surface area contributed by atoms with Crippen LogP contribution >= 0.6 is 0 Å². The number of esters is 5. The van der Waals surface area contributed by atoms with Crippen LogP contribution in [0.15, 0.2) is 56.2 Å². The number of aldehydes is 1. The lowest BCUT2D eigenvalue weighted by Crippen LogP contribution is -2.43. The van der Waals surface area contributed by atoms with Gasteiger partial charge >= 0.3 is 29.8 Å². The lowest BCUT2D eigenvalue weighted by atomic mass is 9.92. The Bertz CT molecular complexity index is 962. The van der Waals surface area contributed by atoms with Crippen LogP contribution in [0, 0.1) is 5.41 Å². The third-order valence-corrected chi connectivity index (χ3v) is 4.39. The van der Waals surface area contributed by atoms with Gasteiger partial charge in [-0.1, -0.05) is 19.7 Å². The van der Waals surface area contributed by atoms with Gasteiger partial charge in [-0.15, -0.1) is 0 Å². The molecule has 0 radical (unpaired) electrons. The molecule has 35 heavy (non-hydrogen) atoms. The fourth-order valence-corrected chi connectivity index (χ4v) is 2.48. The summed E-state index contributed by atoms with van der Waals surface area (Å²) in [5.74, 6) is -4.21. The van der Waals surface area contributed by atoms with Gasteiger partial charge in [0.05, 0.1) is 18.2 Å². The highest BCUT2D eigenvalue weighted by atomic mass is 16.6. The molecule has 0 aliphatic carbocycles. The standard InChI is InChI=1S/C24H24O11/c1-5-19(26)32-12-24(13-33-20(27)6-2,14-34-21(28)7-3)15-35-22(29)16-8-9-18(23(30)31-4)17(10-16)11-25/h5-11H,1-3,12-15H2,4H3. The van der Waals surface area contributed by atoms with Gasteiger partial charge in [0.25, 0.3) is 0 Å². The quantitative estimate of drug-likeness (QED) is 0.163. The average molecular weight is 488 g/mol. The smallest absolute Gasteiger partial charge is 0.338 e. The summed E-state index contributed by atoms with van der Waals surface area (Å²) in [6.07, 6.45) is 3.01. The fraction of sp³-hybridized carbons (Fsp3) is 0.250. The Morgan fingerprint density at radius 1 is 0.771 bits per heavy atom. The Hall–Kier alpha value is -4.54. The summed E-state index contributed by atoms with van der Waals surface area (Å²) in [5, 5.41) is 0. The molecule has 0 N–H and O–H groups in total. The topological polar surface area (TPSA) is 149 Å². The Labute approximate surface area is 200 Å². The second kappa shape index (κ2) is 13.9. The molecule has 0 saturated heterocycles. The first-order chi connectivity index (χ1) is 16.6. The summed E-state index contributed by atoms with van der Waals surface area (Å²) in [6, 6.07) is 3.57. The molecule has 0 aliphatic rings. The van der Waals surface area contributed by atoms with E-state index in [4.69, 9.17) is 18.9 Å². The van der Waals surface area contributed by atoms with E-state index in [-0.39, 0.29) is 16.7 Å². The van der Waals surface area contributed by atoms with Gasteiger partial charge in [0.2, 0.25) is 0 Å². The fourth-order valence-electron chi connectivity index (χ4n) is 2.48. The van der Waals surface area contributed by atoms with E-state index in [0.717, 1.165) is 31.4 Å². The Morgan fingerprint density at radius 2 is 1.23 bits per heavy atom. The zero-order valence-corrected chi connectivity index (χ0v) is 19.0. The van der Waals surface area contributed by atoms with E-state index >= 15 is 0 Å². The molecular formula is C24H24O11. The molecular weight excluding hydrogens is 464 g/mol. The minimum Gasteiger partial charge on any atom is -0.465 e. The van der Waals surface area contributed by atoms with Crippen LogP contribution in [-0.2, 0) is 38.1 Å². The number of benzene rings is 1. The molecule has 1 aromatic rings. The maximum Gasteiger partial charge on any atom is 0.338 e. The van der Waals surface area contributed by atoms with Crippen molar-refractivity contribution < 1.29 is 52.5 Å². The number of carbonyl (C=O) groups excluding carboxylic acids is 6. The molecule has 0 heterocycles. The third kappa shape index (κ3) is 8.72. The van der Waals surface area contributed by atoms with E-state index in [1.165, 1.54) is 12.1 Å². The Morgan fingerprint density at radius 3 is 1.63 bits per heavy atom. The van der Waals surface area contributed by atoms with Crippen molar-refractivity contribution in [2.45, 2.75) is 0 Å². The summed E-state index contributed by atoms with van der Waals surface area (Å²) in [5.41, 5.74) is -1.79. The number of hydrogen-bond acceptors (Lipinski definition) is 11. The molecule has 0 bridgehead atoms. The van der Waals surface area contributed by atoms with Crippen LogP contribution in [0.3, 0.4) is 0 Å². The molecule has 11 nitrogen and oxygen atoms in total. The predicted molar refractivity (Wildman–Crippen MR) is 119 cm³/mol. The molecule has 0 unspecified atom stereocenters. The summed E-state index contributed by atoms with van der Waals surface area (Å²) in [7, 11) is 1.14. The van der Waals surface area contributed by atoms with Crippen molar-refractivity contribution >= 4 is 36.1 Å². The van der Waals surface area contributed by atoms with Gasteiger partial charge in [-0.3, -0.25) is 4.79 Å². The maximum absolute atomic E-state index is 12.7. The van der Waals surface area contributed by atoms with Gasteiger partial charge < -0.3 is 23.7 Å². The summed E-state index contributed by atoms with van der Waals surface area (Å²) in [4.78, 5) is 70.6. The molecule has 11 heteroatoms. The van der Waals surface area contributed by atoms with Crippen LogP contribution in [0.4, 0.5) is 0 Å². The van der Waals surface area contributed by atoms with Crippen molar-refractivity contribution in [1.82, 2.24) is 0 Å². The molecule has 0 atom stereocenters. The van der Waals surface area contributed by atoms with Gasteiger partial charge in [-0.25, -0.2) is 24.0 Å². The highest BCUT2D eigenvalue weighted by Gasteiger charge is 2.37. The van der Waals surface area contributed by atoms with Crippen LogP contribution in [0.1, 0.15) is 31.1 Å². The van der Waals surface area contributed by atoms with Crippen LogP contribution in [0.2, 0.25) is 0 Å². The van der Waals surface area contributed by atoms with E-state index < -0.39 is 61.7 Å². The lowest BCUT2D eigenvalue weighted by molar-refractivity contribution is -0.159. The Kier molecular flexibility index (Phi) is 11.3. The molecule has 1 rings (SSSR count). The largest absolute Gasteiger partial charge is 0.465 e. The normalized spacial score (nSPS) is 10.2. The summed E-state index contributed by atoms with van der Waals surface area (Å²) in [6.45, 7) is 7.77. The highest BCUT2D eigenvalue weighted by molar-refractivity contribution is 6.00. The minimum absolute atomic E-state index is 0.0580. The molecule has 0 aromatic heterocycles. The van der Waals surface area contributed by atoms with Crippen molar-refractivity contribution in [2.24, 2.45) is 5.41 Å². The molecule has 0 saturated carbocycles. The zero-order chi connectivity index (χ0) is 26.4. The molecule has 0 fully saturated rings. The van der Waals surface area contributed by atoms with Crippen LogP contribution in [0.5, 0.6) is 0 Å². The monoisotopic (exact) mass is 488 g/mol. The molecule has 186 valence electrons. The number of hydrogen-bond donors (Lipinski definition) is 0. The SMILES string of the molecule is C=CC(=O)OCC(COC(=O)C=C)(COC(=O)C=C)COC(=O)c1ccc(C(=O)OC)c(C=O)c1. The first-order valence-electron chi connectivity index (χ1n) is 9.87. The molecule has 1 aromatic carbocycles. The number of ether oxygens (including phenoxy) is 5. The van der Waals surface area contributed by atoms with Crippen molar-refractivity contribution in [2.75, 3.05) is 33.5 Å². The van der Waals surface area contributed by atoms with Crippen LogP contribution < -0.4 is 0 Å². The van der Waals surface area contributed by atoms with Crippen LogP contribution in [-0.4, -0.2) is 69.7 Å². The van der Waals surface area contributed by atoms with Gasteiger partial charge in [0, 0.05) is 23.8 Å². The number of methoxy groups -OCH3 is 1. The third-order valence-electron chi connectivity index (χ3n) is 4.39. The molecule has 0 amide bonds. The average Bonchev–Trinajstić information content (AvgIpc) is 2.90. The second-order valence-electron chi connectivity index (χ2n) is 6.92. The molecule has 0 aliphatic heterocycles. The van der Waals surface area contributed by atoms with Crippen LogP contribution in [0.25, 0.3) is 0 Å². The first kappa shape index (κ1) is 28.5. The van der Waals surface area contributed by atoms with E-state index in [2.05, 4.69) is 24.5 Å². The van der Waals surface area contributed by atoms with Gasteiger partial charge in [0.1, 0.15) is 31.8 Å². The van der Waals surface area contributed by atoms with E-state index in [0.29, 0.717) is 6.29 Å². The van der Waals surface area contributed by atoms with Crippen molar-refractivity contribution in [3.8, 4) is 0 Å². The van der Waals surface area contributed by atoms with Gasteiger partial charge in [-0.2, -0.15) is 0 Å². The zero-order valence-electron chi connectivity index (χ0n) is 19.0. The summed E-state index contributed by atoms with van der Waals surface area (Å²) >= 11 is 0. The second-order valence-corrected chi connectivity index (χ2v) is 6.92. The summed E-state index contributed by atoms with van der Waals surface area (Å²) < 4.78 is 25.0. The van der Waals surface area contributed by atoms with E-state index in [1.807, 2.05) is 0 Å². The van der Waals surface area contributed by atoms with Gasteiger partial charge in [0.15, 0.2) is 6.29 Å². The minimum atomic E-state index is -1.52. The number of rotatable bonds is 14.